The topological polar surface area (TPSA) is 109 Å². The zero-order valence-corrected chi connectivity index (χ0v) is 25.3. The van der Waals surface area contributed by atoms with Gasteiger partial charge >= 0.3 is 4.87 Å². The van der Waals surface area contributed by atoms with Gasteiger partial charge in [0.1, 0.15) is 11.0 Å². The average Bonchev–Trinajstić information content (AvgIpc) is 3.44. The molecule has 3 amide bonds. The van der Waals surface area contributed by atoms with Gasteiger partial charge in [-0.15, -0.1) is 0 Å². The van der Waals surface area contributed by atoms with E-state index in [0.717, 1.165) is 21.4 Å². The molecule has 0 unspecified atom stereocenters. The zero-order valence-electron chi connectivity index (χ0n) is 21.4. The molecule has 41 heavy (non-hydrogen) atoms. The van der Waals surface area contributed by atoms with Gasteiger partial charge in [-0.1, -0.05) is 68.8 Å². The third kappa shape index (κ3) is 5.23. The van der Waals surface area contributed by atoms with Crippen LogP contribution >= 0.6 is 50.6 Å². The van der Waals surface area contributed by atoms with Gasteiger partial charge in [0.15, 0.2) is 6.61 Å². The number of amides is 3. The monoisotopic (exact) mass is 669 g/mol. The minimum absolute atomic E-state index is 0.292. The molecule has 2 aliphatic rings. The van der Waals surface area contributed by atoms with Crippen LogP contribution in [0.15, 0.2) is 81.0 Å². The number of nitrogens with one attached hydrogen (secondary N) is 2. The molecule has 6 rings (SSSR count). The minimum Gasteiger partial charge on any atom is -0.483 e. The van der Waals surface area contributed by atoms with Gasteiger partial charge in [-0.05, 0) is 61.0 Å². The Labute approximate surface area is 256 Å². The normalized spacial score (nSPS) is 19.6. The van der Waals surface area contributed by atoms with Crippen molar-refractivity contribution in [2.24, 2.45) is 5.92 Å². The summed E-state index contributed by atoms with van der Waals surface area (Å²) in [6.45, 7) is 1.59. The number of para-hydroxylation sites is 1. The van der Waals surface area contributed by atoms with E-state index < -0.39 is 17.1 Å². The number of H-pyrrole nitrogens is 1. The summed E-state index contributed by atoms with van der Waals surface area (Å²) in [5.41, 5.74) is 2.57. The molecule has 0 saturated carbocycles. The fraction of sp³-hybridized carbons (Fsp3) is 0.172. The first-order chi connectivity index (χ1) is 19.7. The molecule has 0 bridgehead atoms. The first-order valence-corrected chi connectivity index (χ1v) is 15.4. The number of carbonyl (C=O) groups excluding carboxylic acids is 3. The highest BCUT2D eigenvalue weighted by Gasteiger charge is 2.56. The SMILES string of the molecule is Cc1ccccc1NC(=O)COc1ccc(Cl)cc1[C@@H]1c2sc(=O)[nH]c2S[C@H]2C(=O)N(c3ccc(Br)cc3)C(=O)[C@@H]12. The Morgan fingerprint density at radius 2 is 1.83 bits per heavy atom. The summed E-state index contributed by atoms with van der Waals surface area (Å²) in [4.78, 5) is 57.3. The fourth-order valence-corrected chi connectivity index (χ4v) is 8.08. The van der Waals surface area contributed by atoms with Crippen molar-refractivity contribution in [3.05, 3.63) is 102 Å². The molecule has 2 aliphatic heterocycles. The van der Waals surface area contributed by atoms with Crippen molar-refractivity contribution in [1.29, 1.82) is 0 Å². The van der Waals surface area contributed by atoms with Crippen LogP contribution in [0.2, 0.25) is 5.02 Å². The molecule has 3 aromatic carbocycles. The molecule has 3 atom stereocenters. The second-order valence-electron chi connectivity index (χ2n) is 9.57. The first-order valence-electron chi connectivity index (χ1n) is 12.5. The molecule has 0 spiro atoms. The number of aryl methyl sites for hydroxylation is 1. The van der Waals surface area contributed by atoms with Gasteiger partial charge < -0.3 is 15.0 Å². The molecule has 3 heterocycles. The highest BCUT2D eigenvalue weighted by atomic mass is 79.9. The summed E-state index contributed by atoms with van der Waals surface area (Å²) in [5.74, 6) is -2.30. The van der Waals surface area contributed by atoms with Crippen LogP contribution in [0.4, 0.5) is 11.4 Å². The summed E-state index contributed by atoms with van der Waals surface area (Å²) in [5, 5.41) is 2.99. The molecule has 8 nitrogen and oxygen atoms in total. The van der Waals surface area contributed by atoms with Gasteiger partial charge in [0.2, 0.25) is 11.8 Å². The van der Waals surface area contributed by atoms with E-state index in [1.54, 1.807) is 48.5 Å². The molecule has 12 heteroatoms. The van der Waals surface area contributed by atoms with Crippen LogP contribution in [0.1, 0.15) is 21.9 Å². The number of halogens is 2. The maximum Gasteiger partial charge on any atom is 0.305 e. The molecule has 208 valence electrons. The molecule has 0 radical (unpaired) electrons. The summed E-state index contributed by atoms with van der Waals surface area (Å²) in [6, 6.07) is 19.3. The molecule has 4 aromatic rings. The number of ether oxygens (including phenoxy) is 1. The second kappa shape index (κ2) is 11.1. The number of thiazole rings is 1. The summed E-state index contributed by atoms with van der Waals surface area (Å²) >= 11 is 12.0. The number of fused-ring (bicyclic) bond motifs is 2. The fourth-order valence-electron chi connectivity index (χ4n) is 5.13. The van der Waals surface area contributed by atoms with Crippen molar-refractivity contribution >= 4 is 79.7 Å². The van der Waals surface area contributed by atoms with E-state index in [2.05, 4.69) is 26.2 Å². The Morgan fingerprint density at radius 3 is 2.59 bits per heavy atom. The predicted octanol–water partition coefficient (Wildman–Crippen LogP) is 5.97. The lowest BCUT2D eigenvalue weighted by Crippen LogP contribution is -2.32. The number of aromatic amines is 1. The third-order valence-corrected chi connectivity index (χ3v) is 10.2. The number of imide groups is 1. The van der Waals surface area contributed by atoms with E-state index in [1.807, 2.05) is 25.1 Å². The first kappa shape index (κ1) is 27.8. The number of hydrogen-bond acceptors (Lipinski definition) is 7. The van der Waals surface area contributed by atoms with Crippen LogP contribution in [0.5, 0.6) is 5.75 Å². The smallest absolute Gasteiger partial charge is 0.305 e. The molecular formula is C29H21BrClN3O5S2. The highest BCUT2D eigenvalue weighted by Crippen LogP contribution is 2.54. The van der Waals surface area contributed by atoms with E-state index in [4.69, 9.17) is 16.3 Å². The Hall–Kier alpha value is -3.38. The Kier molecular flexibility index (Phi) is 7.54. The number of aromatic nitrogens is 1. The number of benzene rings is 3. The highest BCUT2D eigenvalue weighted by molar-refractivity contribution is 9.10. The van der Waals surface area contributed by atoms with Gasteiger partial charge in [0.05, 0.1) is 16.6 Å². The van der Waals surface area contributed by atoms with Gasteiger partial charge in [-0.2, -0.15) is 0 Å². The van der Waals surface area contributed by atoms with Crippen molar-refractivity contribution < 1.29 is 19.1 Å². The van der Waals surface area contributed by atoms with Crippen molar-refractivity contribution in [3.63, 3.8) is 0 Å². The zero-order chi connectivity index (χ0) is 28.8. The number of anilines is 2. The molecule has 1 saturated heterocycles. The second-order valence-corrected chi connectivity index (χ2v) is 13.1. The van der Waals surface area contributed by atoms with Crippen LogP contribution in [-0.2, 0) is 14.4 Å². The van der Waals surface area contributed by atoms with Gasteiger partial charge in [-0.25, -0.2) is 4.90 Å². The van der Waals surface area contributed by atoms with Crippen molar-refractivity contribution in [2.75, 3.05) is 16.8 Å². The van der Waals surface area contributed by atoms with Gasteiger partial charge in [0.25, 0.3) is 5.91 Å². The summed E-state index contributed by atoms with van der Waals surface area (Å²) in [7, 11) is 0. The maximum atomic E-state index is 14.0. The van der Waals surface area contributed by atoms with E-state index in [-0.39, 0.29) is 29.2 Å². The third-order valence-electron chi connectivity index (χ3n) is 6.99. The largest absolute Gasteiger partial charge is 0.483 e. The molecule has 2 N–H and O–H groups in total. The number of carbonyl (C=O) groups is 3. The van der Waals surface area contributed by atoms with E-state index in [1.165, 1.54) is 16.7 Å². The summed E-state index contributed by atoms with van der Waals surface area (Å²) in [6.07, 6.45) is 0. The van der Waals surface area contributed by atoms with Crippen molar-refractivity contribution in [2.45, 2.75) is 23.1 Å². The molecular weight excluding hydrogens is 650 g/mol. The Morgan fingerprint density at radius 1 is 1.07 bits per heavy atom. The standard InChI is InChI=1S/C29H21BrClN3O5S2/c1-14-4-2-3-5-19(14)32-21(35)13-39-20-11-8-16(31)12-18(20)22-23-25(40-26-24(22)41-29(38)33-26)28(37)34(27(23)36)17-9-6-15(30)7-10-17/h2-12,22-23,25H,13H2,1H3,(H,32,35)(H,33,38)/t22-,23-,25+/m0/s1. The van der Waals surface area contributed by atoms with Crippen molar-refractivity contribution in [3.8, 4) is 5.75 Å². The molecule has 1 aromatic heterocycles. The van der Waals surface area contributed by atoms with Crippen LogP contribution in [0.3, 0.4) is 0 Å². The Balaban J connectivity index is 1.37. The lowest BCUT2D eigenvalue weighted by atomic mass is 9.82. The van der Waals surface area contributed by atoms with Crippen LogP contribution in [0, 0.1) is 12.8 Å². The van der Waals surface area contributed by atoms with Crippen LogP contribution in [-0.4, -0.2) is 34.6 Å². The minimum atomic E-state index is -0.822. The maximum absolute atomic E-state index is 14.0. The summed E-state index contributed by atoms with van der Waals surface area (Å²) < 4.78 is 6.82. The van der Waals surface area contributed by atoms with E-state index >= 15 is 0 Å². The number of thioether (sulfide) groups is 1. The Bertz CT molecular complexity index is 1760. The van der Waals surface area contributed by atoms with Crippen LogP contribution in [0.25, 0.3) is 0 Å². The lowest BCUT2D eigenvalue weighted by Gasteiger charge is -2.31. The number of hydrogen-bond donors (Lipinski definition) is 2. The van der Waals surface area contributed by atoms with Gasteiger partial charge in [-0.3, -0.25) is 19.2 Å². The van der Waals surface area contributed by atoms with Crippen molar-refractivity contribution in [1.82, 2.24) is 4.98 Å². The number of rotatable bonds is 6. The molecule has 0 aliphatic carbocycles. The van der Waals surface area contributed by atoms with E-state index in [9.17, 15) is 19.2 Å². The lowest BCUT2D eigenvalue weighted by molar-refractivity contribution is -0.122. The quantitative estimate of drug-likeness (QED) is 0.245. The van der Waals surface area contributed by atoms with Gasteiger partial charge in [0, 0.05) is 31.5 Å². The van der Waals surface area contributed by atoms with E-state index in [0.29, 0.717) is 37.6 Å². The van der Waals surface area contributed by atoms with Crippen LogP contribution < -0.4 is 19.8 Å². The molecule has 1 fully saturated rings. The average molecular weight is 671 g/mol. The predicted molar refractivity (Wildman–Crippen MR) is 163 cm³/mol. The number of nitrogens with zero attached hydrogens (tertiary/aromatic N) is 1.